The van der Waals surface area contributed by atoms with Crippen LogP contribution in [0.2, 0.25) is 0 Å². The minimum absolute atomic E-state index is 0.0856. The summed E-state index contributed by atoms with van der Waals surface area (Å²) < 4.78 is 4.67. The van der Waals surface area contributed by atoms with Gasteiger partial charge in [0.15, 0.2) is 0 Å². The van der Waals surface area contributed by atoms with Gasteiger partial charge in [0.2, 0.25) is 0 Å². The lowest BCUT2D eigenvalue weighted by Gasteiger charge is -2.09. The average molecular weight is 248 g/mol. The van der Waals surface area contributed by atoms with E-state index in [0.29, 0.717) is 18.4 Å². The van der Waals surface area contributed by atoms with Gasteiger partial charge in [0.25, 0.3) is 0 Å². The molecule has 0 aliphatic carbocycles. The lowest BCUT2D eigenvalue weighted by Crippen LogP contribution is -2.39. The van der Waals surface area contributed by atoms with Gasteiger partial charge in [0.1, 0.15) is 6.54 Å². The summed E-state index contributed by atoms with van der Waals surface area (Å²) in [6, 6.07) is -0.332. The van der Waals surface area contributed by atoms with Crippen LogP contribution >= 0.6 is 11.8 Å². The van der Waals surface area contributed by atoms with E-state index in [9.17, 15) is 9.59 Å². The van der Waals surface area contributed by atoms with E-state index in [4.69, 9.17) is 0 Å². The van der Waals surface area contributed by atoms with Gasteiger partial charge in [0.05, 0.1) is 6.61 Å². The first-order valence-corrected chi connectivity index (χ1v) is 6.59. The molecule has 6 heteroatoms. The fourth-order valence-corrected chi connectivity index (χ4v) is 1.29. The van der Waals surface area contributed by atoms with Crippen molar-refractivity contribution in [1.29, 1.82) is 0 Å². The van der Waals surface area contributed by atoms with Crippen molar-refractivity contribution in [2.75, 3.05) is 26.0 Å². The van der Waals surface area contributed by atoms with E-state index in [0.717, 1.165) is 6.42 Å². The molecule has 16 heavy (non-hydrogen) atoms. The number of urea groups is 1. The lowest BCUT2D eigenvalue weighted by molar-refractivity contribution is -0.141. The number of amides is 2. The van der Waals surface area contributed by atoms with Crippen LogP contribution in [0.25, 0.3) is 0 Å². The zero-order valence-corrected chi connectivity index (χ0v) is 10.9. The maximum absolute atomic E-state index is 11.2. The second-order valence-corrected chi connectivity index (χ2v) is 4.53. The molecule has 0 aliphatic heterocycles. The third kappa shape index (κ3) is 8.40. The Balaban J connectivity index is 3.48. The third-order valence-corrected chi connectivity index (χ3v) is 2.98. The predicted octanol–water partition coefficient (Wildman–Crippen LogP) is 0.990. The van der Waals surface area contributed by atoms with Crippen molar-refractivity contribution >= 4 is 23.8 Å². The molecule has 2 N–H and O–H groups in total. The molecule has 0 saturated carbocycles. The Morgan fingerprint density at radius 1 is 1.38 bits per heavy atom. The fourth-order valence-electron chi connectivity index (χ4n) is 0.934. The Bertz CT molecular complexity index is 224. The number of nitrogens with one attached hydrogen (secondary N) is 2. The molecular formula is C10H20N2O3S. The molecule has 0 spiro atoms. The van der Waals surface area contributed by atoms with Gasteiger partial charge in [-0.2, -0.15) is 11.8 Å². The van der Waals surface area contributed by atoms with Crippen LogP contribution < -0.4 is 10.6 Å². The first kappa shape index (κ1) is 15.1. The largest absolute Gasteiger partial charge is 0.465 e. The number of hydrogen-bond donors (Lipinski definition) is 2. The topological polar surface area (TPSA) is 67.4 Å². The molecule has 2 amide bonds. The van der Waals surface area contributed by atoms with Crippen molar-refractivity contribution in [3.05, 3.63) is 0 Å². The van der Waals surface area contributed by atoms with Crippen LogP contribution in [0, 0.1) is 0 Å². The maximum Gasteiger partial charge on any atom is 0.325 e. The Morgan fingerprint density at radius 2 is 2.06 bits per heavy atom. The van der Waals surface area contributed by atoms with Crippen molar-refractivity contribution in [3.63, 3.8) is 0 Å². The van der Waals surface area contributed by atoms with Crippen LogP contribution in [-0.4, -0.2) is 43.2 Å². The molecule has 0 aromatic rings. The van der Waals surface area contributed by atoms with Crippen molar-refractivity contribution in [2.24, 2.45) is 0 Å². The fraction of sp³-hybridized carbons (Fsp3) is 0.800. The molecular weight excluding hydrogens is 228 g/mol. The number of ether oxygens (including phenoxy) is 1. The lowest BCUT2D eigenvalue weighted by atomic mass is 10.3. The second kappa shape index (κ2) is 9.33. The van der Waals surface area contributed by atoms with E-state index in [2.05, 4.69) is 22.3 Å². The standard InChI is InChI=1S/C10H20N2O3S/c1-4-15-9(13)7-12-10(14)11-6-5-8(2)16-3/h8H,4-7H2,1-3H3,(H2,11,12,14). The number of thioether (sulfide) groups is 1. The number of rotatable bonds is 7. The summed E-state index contributed by atoms with van der Waals surface area (Å²) in [6.45, 7) is 4.67. The number of hydrogen-bond acceptors (Lipinski definition) is 4. The normalized spacial score (nSPS) is 11.7. The summed E-state index contributed by atoms with van der Waals surface area (Å²) in [5.74, 6) is -0.421. The zero-order chi connectivity index (χ0) is 12.4. The maximum atomic E-state index is 11.2. The quantitative estimate of drug-likeness (QED) is 0.659. The first-order valence-electron chi connectivity index (χ1n) is 5.30. The average Bonchev–Trinajstić information content (AvgIpc) is 2.26. The SMILES string of the molecule is CCOC(=O)CNC(=O)NCCC(C)SC. The predicted molar refractivity (Wildman–Crippen MR) is 65.6 cm³/mol. The first-order chi connectivity index (χ1) is 7.60. The summed E-state index contributed by atoms with van der Waals surface area (Å²) in [5, 5.41) is 5.62. The van der Waals surface area contributed by atoms with Gasteiger partial charge in [-0.15, -0.1) is 0 Å². The molecule has 0 fully saturated rings. The van der Waals surface area contributed by atoms with E-state index < -0.39 is 5.97 Å². The minimum atomic E-state index is -0.421. The minimum Gasteiger partial charge on any atom is -0.465 e. The summed E-state index contributed by atoms with van der Waals surface area (Å²) in [5.41, 5.74) is 0. The van der Waals surface area contributed by atoms with Crippen LogP contribution in [0.3, 0.4) is 0 Å². The molecule has 94 valence electrons. The molecule has 1 unspecified atom stereocenters. The number of esters is 1. The van der Waals surface area contributed by atoms with E-state index in [1.807, 2.05) is 6.26 Å². The van der Waals surface area contributed by atoms with E-state index in [-0.39, 0.29) is 12.6 Å². The van der Waals surface area contributed by atoms with E-state index in [1.54, 1.807) is 18.7 Å². The summed E-state index contributed by atoms with van der Waals surface area (Å²) in [7, 11) is 0. The second-order valence-electron chi connectivity index (χ2n) is 3.25. The van der Waals surface area contributed by atoms with Gasteiger partial charge in [-0.05, 0) is 19.6 Å². The molecule has 0 aromatic carbocycles. The van der Waals surface area contributed by atoms with Crippen molar-refractivity contribution in [3.8, 4) is 0 Å². The van der Waals surface area contributed by atoms with Crippen molar-refractivity contribution < 1.29 is 14.3 Å². The van der Waals surface area contributed by atoms with Gasteiger partial charge in [-0.3, -0.25) is 4.79 Å². The van der Waals surface area contributed by atoms with Gasteiger partial charge in [-0.25, -0.2) is 4.79 Å². The molecule has 0 bridgehead atoms. The summed E-state index contributed by atoms with van der Waals surface area (Å²) in [6.07, 6.45) is 2.94. The summed E-state index contributed by atoms with van der Waals surface area (Å²) in [4.78, 5) is 22.1. The Hall–Kier alpha value is -0.910. The molecule has 0 saturated heterocycles. The monoisotopic (exact) mass is 248 g/mol. The highest BCUT2D eigenvalue weighted by atomic mass is 32.2. The van der Waals surface area contributed by atoms with Crippen molar-refractivity contribution in [2.45, 2.75) is 25.5 Å². The Labute approximate surface area is 101 Å². The Morgan fingerprint density at radius 3 is 2.62 bits per heavy atom. The highest BCUT2D eigenvalue weighted by Gasteiger charge is 2.05. The van der Waals surface area contributed by atoms with Gasteiger partial charge in [0, 0.05) is 11.8 Å². The zero-order valence-electron chi connectivity index (χ0n) is 10.0. The molecule has 0 aromatic heterocycles. The van der Waals surface area contributed by atoms with Crippen LogP contribution in [0.15, 0.2) is 0 Å². The molecule has 0 rings (SSSR count). The number of carbonyl (C=O) groups is 2. The van der Waals surface area contributed by atoms with Gasteiger partial charge in [-0.1, -0.05) is 6.92 Å². The highest BCUT2D eigenvalue weighted by molar-refractivity contribution is 7.99. The molecule has 0 heterocycles. The molecule has 1 atom stereocenters. The van der Waals surface area contributed by atoms with Crippen LogP contribution in [0.1, 0.15) is 20.3 Å². The van der Waals surface area contributed by atoms with Crippen LogP contribution in [0.4, 0.5) is 4.79 Å². The van der Waals surface area contributed by atoms with Gasteiger partial charge < -0.3 is 15.4 Å². The summed E-state index contributed by atoms with van der Waals surface area (Å²) >= 11 is 1.76. The Kier molecular flexibility index (Phi) is 8.80. The highest BCUT2D eigenvalue weighted by Crippen LogP contribution is 2.07. The van der Waals surface area contributed by atoms with Crippen molar-refractivity contribution in [1.82, 2.24) is 10.6 Å². The van der Waals surface area contributed by atoms with E-state index in [1.165, 1.54) is 0 Å². The van der Waals surface area contributed by atoms with Crippen LogP contribution in [-0.2, 0) is 9.53 Å². The third-order valence-electron chi connectivity index (χ3n) is 1.94. The van der Waals surface area contributed by atoms with Crippen LogP contribution in [0.5, 0.6) is 0 Å². The molecule has 0 radical (unpaired) electrons. The smallest absolute Gasteiger partial charge is 0.325 e. The van der Waals surface area contributed by atoms with E-state index >= 15 is 0 Å². The molecule has 0 aliphatic rings. The van der Waals surface area contributed by atoms with Gasteiger partial charge >= 0.3 is 12.0 Å². The molecule has 5 nitrogen and oxygen atoms in total. The number of carbonyl (C=O) groups excluding carboxylic acids is 2.